The van der Waals surface area contributed by atoms with Crippen LogP contribution < -0.4 is 10.1 Å². The van der Waals surface area contributed by atoms with Crippen LogP contribution in [0.15, 0.2) is 30.5 Å². The maximum Gasteiger partial charge on any atom is 0.213 e. The summed E-state index contributed by atoms with van der Waals surface area (Å²) in [6.45, 7) is 0.0612. The van der Waals surface area contributed by atoms with Crippen molar-refractivity contribution in [2.24, 2.45) is 0 Å². The third kappa shape index (κ3) is 3.55. The smallest absolute Gasteiger partial charge is 0.213 e. The van der Waals surface area contributed by atoms with Crippen LogP contribution in [0, 0.1) is 5.82 Å². The number of methoxy groups -OCH3 is 1. The second-order valence-electron chi connectivity index (χ2n) is 3.99. The van der Waals surface area contributed by atoms with E-state index in [0.717, 1.165) is 6.07 Å². The maximum absolute atomic E-state index is 13.5. The lowest BCUT2D eigenvalue weighted by Crippen LogP contribution is -2.15. The largest absolute Gasteiger partial charge is 0.481 e. The summed E-state index contributed by atoms with van der Waals surface area (Å²) >= 11 is 5.61. The number of hydrogen-bond acceptors (Lipinski definition) is 5. The first kappa shape index (κ1) is 14.5. The van der Waals surface area contributed by atoms with Crippen LogP contribution in [0.25, 0.3) is 0 Å². The van der Waals surface area contributed by atoms with Gasteiger partial charge in [0, 0.05) is 18.8 Å². The van der Waals surface area contributed by atoms with E-state index >= 15 is 0 Å². The van der Waals surface area contributed by atoms with Crippen LogP contribution in [0.2, 0.25) is 5.02 Å². The summed E-state index contributed by atoms with van der Waals surface area (Å²) < 4.78 is 18.5. The Hall–Kier alpha value is -1.92. The highest BCUT2D eigenvalue weighted by Crippen LogP contribution is 2.18. The number of halogens is 2. The number of nitrogens with one attached hydrogen (secondary N) is 1. The fourth-order valence-electron chi connectivity index (χ4n) is 1.57. The highest BCUT2D eigenvalue weighted by Gasteiger charge is 2.12. The SMILES string of the molecule is COc1cccc(C(O)CNc2ncc(Cl)cc2F)n1. The molecule has 0 saturated heterocycles. The number of aliphatic hydroxyl groups excluding tert-OH is 1. The van der Waals surface area contributed by atoms with Crippen LogP contribution in [-0.4, -0.2) is 28.7 Å². The molecule has 0 spiro atoms. The number of anilines is 1. The molecule has 2 aromatic heterocycles. The van der Waals surface area contributed by atoms with E-state index in [1.807, 2.05) is 0 Å². The van der Waals surface area contributed by atoms with Crippen LogP contribution in [-0.2, 0) is 0 Å². The van der Waals surface area contributed by atoms with E-state index in [9.17, 15) is 9.50 Å². The van der Waals surface area contributed by atoms with E-state index in [2.05, 4.69) is 15.3 Å². The standard InChI is InChI=1S/C13H13ClFN3O2/c1-20-12-4-2-3-10(18-12)11(19)7-17-13-9(15)5-8(14)6-16-13/h2-6,11,19H,7H2,1H3,(H,16,17). The minimum atomic E-state index is -0.915. The molecule has 0 aliphatic carbocycles. The Kier molecular flexibility index (Phi) is 4.70. The summed E-state index contributed by atoms with van der Waals surface area (Å²) in [5, 5.41) is 12.9. The first-order valence-corrected chi connectivity index (χ1v) is 6.22. The molecule has 2 N–H and O–H groups in total. The van der Waals surface area contributed by atoms with Crippen molar-refractivity contribution in [2.75, 3.05) is 19.0 Å². The molecule has 7 heteroatoms. The molecular weight excluding hydrogens is 285 g/mol. The number of rotatable bonds is 5. The Bertz CT molecular complexity index is 598. The van der Waals surface area contributed by atoms with E-state index in [-0.39, 0.29) is 17.4 Å². The number of aliphatic hydroxyl groups is 1. The monoisotopic (exact) mass is 297 g/mol. The van der Waals surface area contributed by atoms with Gasteiger partial charge in [-0.2, -0.15) is 0 Å². The Morgan fingerprint density at radius 3 is 3.00 bits per heavy atom. The molecule has 0 amide bonds. The molecule has 20 heavy (non-hydrogen) atoms. The first-order chi connectivity index (χ1) is 9.60. The molecule has 5 nitrogen and oxygen atoms in total. The lowest BCUT2D eigenvalue weighted by Gasteiger charge is -2.13. The predicted molar refractivity (Wildman–Crippen MR) is 73.4 cm³/mol. The van der Waals surface area contributed by atoms with Crippen LogP contribution in [0.5, 0.6) is 5.88 Å². The van der Waals surface area contributed by atoms with Crippen molar-refractivity contribution in [3.8, 4) is 5.88 Å². The summed E-state index contributed by atoms with van der Waals surface area (Å²) in [6.07, 6.45) is 0.408. The lowest BCUT2D eigenvalue weighted by atomic mass is 10.2. The van der Waals surface area contributed by atoms with Gasteiger partial charge in [0.25, 0.3) is 0 Å². The molecular formula is C13H13ClFN3O2. The van der Waals surface area contributed by atoms with Crippen LogP contribution in [0.3, 0.4) is 0 Å². The fourth-order valence-corrected chi connectivity index (χ4v) is 1.72. The Labute approximate surface area is 120 Å². The second kappa shape index (κ2) is 6.49. The molecule has 1 atom stereocenters. The molecule has 0 fully saturated rings. The molecule has 2 rings (SSSR count). The molecule has 0 aromatic carbocycles. The highest BCUT2D eigenvalue weighted by molar-refractivity contribution is 6.30. The van der Waals surface area contributed by atoms with Gasteiger partial charge in [-0.3, -0.25) is 0 Å². The number of pyridine rings is 2. The van der Waals surface area contributed by atoms with Gasteiger partial charge in [-0.1, -0.05) is 17.7 Å². The summed E-state index contributed by atoms with van der Waals surface area (Å²) in [4.78, 5) is 7.90. The zero-order valence-corrected chi connectivity index (χ0v) is 11.4. The average molecular weight is 298 g/mol. The molecule has 2 heterocycles. The number of ether oxygens (including phenoxy) is 1. The first-order valence-electron chi connectivity index (χ1n) is 5.84. The minimum absolute atomic E-state index is 0.0244. The van der Waals surface area contributed by atoms with Gasteiger partial charge in [0.1, 0.15) is 6.10 Å². The third-order valence-corrected chi connectivity index (χ3v) is 2.77. The van der Waals surface area contributed by atoms with E-state index in [1.54, 1.807) is 18.2 Å². The van der Waals surface area contributed by atoms with Gasteiger partial charge < -0.3 is 15.2 Å². The second-order valence-corrected chi connectivity index (χ2v) is 4.42. The maximum atomic E-state index is 13.5. The van der Waals surface area contributed by atoms with E-state index < -0.39 is 11.9 Å². The van der Waals surface area contributed by atoms with Crippen molar-refractivity contribution in [1.29, 1.82) is 0 Å². The fraction of sp³-hybridized carbons (Fsp3) is 0.231. The van der Waals surface area contributed by atoms with Crippen molar-refractivity contribution in [3.05, 3.63) is 47.0 Å². The summed E-state index contributed by atoms with van der Waals surface area (Å²) in [5.41, 5.74) is 0.422. The Morgan fingerprint density at radius 2 is 2.30 bits per heavy atom. The lowest BCUT2D eigenvalue weighted by molar-refractivity contribution is 0.185. The molecule has 1 unspecified atom stereocenters. The van der Waals surface area contributed by atoms with Crippen LogP contribution in [0.4, 0.5) is 10.2 Å². The van der Waals surface area contributed by atoms with E-state index in [1.165, 1.54) is 13.3 Å². The Balaban J connectivity index is 2.02. The molecule has 0 aliphatic rings. The van der Waals surface area contributed by atoms with E-state index in [0.29, 0.717) is 11.6 Å². The van der Waals surface area contributed by atoms with Gasteiger partial charge in [-0.15, -0.1) is 0 Å². The zero-order valence-electron chi connectivity index (χ0n) is 10.7. The van der Waals surface area contributed by atoms with Gasteiger partial charge in [0.2, 0.25) is 5.88 Å². The molecule has 106 valence electrons. The van der Waals surface area contributed by atoms with Gasteiger partial charge >= 0.3 is 0 Å². The van der Waals surface area contributed by atoms with Crippen molar-refractivity contribution in [1.82, 2.24) is 9.97 Å². The molecule has 0 radical (unpaired) electrons. The van der Waals surface area contributed by atoms with Gasteiger partial charge in [-0.25, -0.2) is 14.4 Å². The topological polar surface area (TPSA) is 67.3 Å². The minimum Gasteiger partial charge on any atom is -0.481 e. The van der Waals surface area contributed by atoms with Crippen LogP contribution >= 0.6 is 11.6 Å². The number of aromatic nitrogens is 2. The molecule has 0 saturated carbocycles. The Morgan fingerprint density at radius 1 is 1.50 bits per heavy atom. The zero-order chi connectivity index (χ0) is 14.5. The van der Waals surface area contributed by atoms with Crippen molar-refractivity contribution < 1.29 is 14.2 Å². The van der Waals surface area contributed by atoms with Crippen LogP contribution in [0.1, 0.15) is 11.8 Å². The summed E-state index contributed by atoms with van der Waals surface area (Å²) in [6, 6.07) is 6.18. The molecule has 0 bridgehead atoms. The third-order valence-electron chi connectivity index (χ3n) is 2.57. The molecule has 0 aliphatic heterocycles. The van der Waals surface area contributed by atoms with Crippen molar-refractivity contribution in [2.45, 2.75) is 6.10 Å². The molecule has 2 aromatic rings. The highest BCUT2D eigenvalue weighted by atomic mass is 35.5. The van der Waals surface area contributed by atoms with Gasteiger partial charge in [0.15, 0.2) is 11.6 Å². The van der Waals surface area contributed by atoms with Crippen molar-refractivity contribution in [3.63, 3.8) is 0 Å². The van der Waals surface area contributed by atoms with Gasteiger partial charge in [0.05, 0.1) is 17.8 Å². The average Bonchev–Trinajstić information content (AvgIpc) is 2.46. The number of nitrogens with zero attached hydrogens (tertiary/aromatic N) is 2. The van der Waals surface area contributed by atoms with Crippen molar-refractivity contribution >= 4 is 17.4 Å². The number of hydrogen-bond donors (Lipinski definition) is 2. The summed E-state index contributed by atoms with van der Waals surface area (Å²) in [5.74, 6) is -0.156. The van der Waals surface area contributed by atoms with Gasteiger partial charge in [-0.05, 0) is 12.1 Å². The summed E-state index contributed by atoms with van der Waals surface area (Å²) in [7, 11) is 1.49. The van der Waals surface area contributed by atoms with E-state index in [4.69, 9.17) is 16.3 Å². The predicted octanol–water partition coefficient (Wildman–Crippen LogP) is 2.42. The normalized spacial score (nSPS) is 12.0. The quantitative estimate of drug-likeness (QED) is 0.887.